The van der Waals surface area contributed by atoms with Gasteiger partial charge in [0, 0.05) is 19.3 Å². The molecule has 0 saturated carbocycles. The van der Waals surface area contributed by atoms with Gasteiger partial charge in [0.1, 0.15) is 11.5 Å². The third-order valence-corrected chi connectivity index (χ3v) is 3.16. The fraction of sp³-hybridized carbons (Fsp3) is 0.278. The van der Waals surface area contributed by atoms with E-state index in [0.29, 0.717) is 13.2 Å². The van der Waals surface area contributed by atoms with Crippen molar-refractivity contribution in [1.82, 2.24) is 5.32 Å². The molecule has 0 unspecified atom stereocenters. The average molecular weight is 351 g/mol. The second kappa shape index (κ2) is 10.6. The van der Waals surface area contributed by atoms with Crippen LogP contribution in [0.2, 0.25) is 0 Å². The molecule has 0 bridgehead atoms. The van der Waals surface area contributed by atoms with Crippen LogP contribution in [0.5, 0.6) is 11.5 Å². The highest BCUT2D eigenvalue weighted by atomic mass is 35.5. The summed E-state index contributed by atoms with van der Waals surface area (Å²) in [5.74, 6) is 1.42. The second-order valence-corrected chi connectivity index (χ2v) is 5.16. The molecule has 0 aliphatic rings. The van der Waals surface area contributed by atoms with Crippen molar-refractivity contribution in [3.8, 4) is 11.5 Å². The van der Waals surface area contributed by atoms with Crippen molar-refractivity contribution in [2.45, 2.75) is 6.92 Å². The highest BCUT2D eigenvalue weighted by Crippen LogP contribution is 2.23. The molecule has 0 atom stereocenters. The molecule has 5 nitrogen and oxygen atoms in total. The highest BCUT2D eigenvalue weighted by molar-refractivity contribution is 5.92. The van der Waals surface area contributed by atoms with Gasteiger partial charge in [-0.2, -0.15) is 0 Å². The van der Waals surface area contributed by atoms with Crippen molar-refractivity contribution in [2.24, 2.45) is 0 Å². The van der Waals surface area contributed by atoms with Crippen LogP contribution in [0.1, 0.15) is 5.56 Å². The maximum Gasteiger partial charge on any atom is 0.238 e. The maximum atomic E-state index is 11.7. The van der Waals surface area contributed by atoms with E-state index in [-0.39, 0.29) is 24.9 Å². The van der Waals surface area contributed by atoms with E-state index in [4.69, 9.17) is 9.47 Å². The van der Waals surface area contributed by atoms with Crippen LogP contribution in [0.25, 0.3) is 0 Å². The fourth-order valence-electron chi connectivity index (χ4n) is 1.93. The van der Waals surface area contributed by atoms with Crippen molar-refractivity contribution in [1.29, 1.82) is 0 Å². The Morgan fingerprint density at radius 1 is 1.00 bits per heavy atom. The number of aryl methyl sites for hydroxylation is 1. The number of halogens is 1. The summed E-state index contributed by atoms with van der Waals surface area (Å²) >= 11 is 0. The van der Waals surface area contributed by atoms with Gasteiger partial charge in [-0.1, -0.05) is 17.7 Å². The lowest BCUT2D eigenvalue weighted by molar-refractivity contribution is -0.115. The molecule has 0 saturated heterocycles. The van der Waals surface area contributed by atoms with Gasteiger partial charge in [0.15, 0.2) is 0 Å². The molecule has 0 fully saturated rings. The Kier molecular flexibility index (Phi) is 8.86. The normalized spacial score (nSPS) is 9.92. The molecular weight excluding hydrogens is 328 g/mol. The summed E-state index contributed by atoms with van der Waals surface area (Å²) in [5, 5.41) is 5.81. The Balaban J connectivity index is 0.00000288. The molecule has 1 amide bonds. The first-order chi connectivity index (χ1) is 11.2. The number of amides is 1. The highest BCUT2D eigenvalue weighted by Gasteiger charge is 2.02. The first kappa shape index (κ1) is 20.0. The van der Waals surface area contributed by atoms with Crippen molar-refractivity contribution in [3.05, 3.63) is 54.1 Å². The first-order valence-corrected chi connectivity index (χ1v) is 7.51. The molecule has 24 heavy (non-hydrogen) atoms. The standard InChI is InChI=1S/C18H22N2O3.ClH/c1-14-3-7-16(8-4-14)23-17-9-5-15(6-10-17)20-18(21)13-19-11-12-22-2;/h3-10,19H,11-13H2,1-2H3,(H,20,21);1H. The Morgan fingerprint density at radius 2 is 1.58 bits per heavy atom. The van der Waals surface area contributed by atoms with Gasteiger partial charge in [0.2, 0.25) is 5.91 Å². The van der Waals surface area contributed by atoms with Gasteiger partial charge in [-0.15, -0.1) is 12.4 Å². The minimum absolute atomic E-state index is 0. The van der Waals surface area contributed by atoms with Gasteiger partial charge < -0.3 is 20.1 Å². The van der Waals surface area contributed by atoms with Gasteiger partial charge in [-0.05, 0) is 43.3 Å². The number of methoxy groups -OCH3 is 1. The molecule has 130 valence electrons. The van der Waals surface area contributed by atoms with E-state index >= 15 is 0 Å². The fourth-order valence-corrected chi connectivity index (χ4v) is 1.93. The quantitative estimate of drug-likeness (QED) is 0.716. The van der Waals surface area contributed by atoms with Gasteiger partial charge in [0.05, 0.1) is 13.2 Å². The van der Waals surface area contributed by atoms with Gasteiger partial charge in [-0.25, -0.2) is 0 Å². The van der Waals surface area contributed by atoms with E-state index in [1.807, 2.05) is 55.5 Å². The minimum Gasteiger partial charge on any atom is -0.457 e. The number of nitrogens with one attached hydrogen (secondary N) is 2. The van der Waals surface area contributed by atoms with Crippen LogP contribution >= 0.6 is 12.4 Å². The Bertz CT molecular complexity index is 615. The third kappa shape index (κ3) is 7.00. The minimum atomic E-state index is -0.0895. The maximum absolute atomic E-state index is 11.7. The van der Waals surface area contributed by atoms with E-state index in [1.165, 1.54) is 5.56 Å². The van der Waals surface area contributed by atoms with Crippen LogP contribution in [-0.2, 0) is 9.53 Å². The monoisotopic (exact) mass is 350 g/mol. The second-order valence-electron chi connectivity index (χ2n) is 5.16. The number of carbonyl (C=O) groups excluding carboxylic acids is 1. The Labute approximate surface area is 148 Å². The van der Waals surface area contributed by atoms with Gasteiger partial charge >= 0.3 is 0 Å². The van der Waals surface area contributed by atoms with E-state index in [9.17, 15) is 4.79 Å². The molecule has 2 aromatic carbocycles. The lowest BCUT2D eigenvalue weighted by Crippen LogP contribution is -2.30. The molecule has 0 heterocycles. The van der Waals surface area contributed by atoms with Crippen LogP contribution < -0.4 is 15.4 Å². The van der Waals surface area contributed by atoms with E-state index in [1.54, 1.807) is 7.11 Å². The lowest BCUT2D eigenvalue weighted by atomic mass is 10.2. The number of hydrogen-bond donors (Lipinski definition) is 2. The van der Waals surface area contributed by atoms with Crippen LogP contribution in [0.4, 0.5) is 5.69 Å². The van der Waals surface area contributed by atoms with E-state index in [2.05, 4.69) is 10.6 Å². The largest absolute Gasteiger partial charge is 0.457 e. The summed E-state index contributed by atoms with van der Waals surface area (Å²) in [6.07, 6.45) is 0. The van der Waals surface area contributed by atoms with Crippen LogP contribution in [-0.4, -0.2) is 32.7 Å². The molecule has 0 aliphatic heterocycles. The van der Waals surface area contributed by atoms with E-state index in [0.717, 1.165) is 17.2 Å². The molecule has 0 aromatic heterocycles. The SMILES string of the molecule is COCCNCC(=O)Nc1ccc(Oc2ccc(C)cc2)cc1.Cl. The summed E-state index contributed by atoms with van der Waals surface area (Å²) < 4.78 is 10.6. The number of carbonyl (C=O) groups is 1. The number of benzene rings is 2. The molecule has 0 radical (unpaired) electrons. The number of ether oxygens (including phenoxy) is 2. The predicted molar refractivity (Wildman–Crippen MR) is 98.3 cm³/mol. The van der Waals surface area contributed by atoms with Crippen LogP contribution in [0, 0.1) is 6.92 Å². The molecule has 6 heteroatoms. The van der Waals surface area contributed by atoms with Gasteiger partial charge in [-0.3, -0.25) is 4.79 Å². The number of hydrogen-bond acceptors (Lipinski definition) is 4. The van der Waals surface area contributed by atoms with E-state index < -0.39 is 0 Å². The summed E-state index contributed by atoms with van der Waals surface area (Å²) in [5.41, 5.74) is 1.93. The zero-order valence-electron chi connectivity index (χ0n) is 13.9. The van der Waals surface area contributed by atoms with Crippen LogP contribution in [0.3, 0.4) is 0 Å². The molecule has 2 aromatic rings. The Hall–Kier alpha value is -2.08. The van der Waals surface area contributed by atoms with Gasteiger partial charge in [0.25, 0.3) is 0 Å². The summed E-state index contributed by atoms with van der Waals surface area (Å²) in [7, 11) is 1.63. The van der Waals surface area contributed by atoms with Crippen molar-refractivity contribution >= 4 is 24.0 Å². The number of rotatable bonds is 8. The third-order valence-electron chi connectivity index (χ3n) is 3.16. The summed E-state index contributed by atoms with van der Waals surface area (Å²) in [4.78, 5) is 11.7. The van der Waals surface area contributed by atoms with Crippen molar-refractivity contribution < 1.29 is 14.3 Å². The zero-order chi connectivity index (χ0) is 16.5. The van der Waals surface area contributed by atoms with Crippen LogP contribution in [0.15, 0.2) is 48.5 Å². The Morgan fingerprint density at radius 3 is 2.17 bits per heavy atom. The number of anilines is 1. The molecule has 0 aliphatic carbocycles. The average Bonchev–Trinajstić information content (AvgIpc) is 2.56. The molecule has 2 rings (SSSR count). The first-order valence-electron chi connectivity index (χ1n) is 7.51. The molecule has 0 spiro atoms. The van der Waals surface area contributed by atoms with Crippen molar-refractivity contribution in [2.75, 3.05) is 32.1 Å². The summed E-state index contributed by atoms with van der Waals surface area (Å²) in [6.45, 7) is 3.52. The predicted octanol–water partition coefficient (Wildman–Crippen LogP) is 3.38. The molecular formula is C18H23ClN2O3. The topological polar surface area (TPSA) is 59.6 Å². The lowest BCUT2D eigenvalue weighted by Gasteiger charge is -2.09. The molecule has 2 N–H and O–H groups in total. The van der Waals surface area contributed by atoms with Crippen molar-refractivity contribution in [3.63, 3.8) is 0 Å². The smallest absolute Gasteiger partial charge is 0.238 e. The summed E-state index contributed by atoms with van der Waals surface area (Å²) in [6, 6.07) is 15.1. The zero-order valence-corrected chi connectivity index (χ0v) is 14.7.